The molecule has 0 radical (unpaired) electrons. The lowest BCUT2D eigenvalue weighted by Gasteiger charge is -2.27. The minimum absolute atomic E-state index is 0.0629. The van der Waals surface area contributed by atoms with Gasteiger partial charge in [-0.3, -0.25) is 4.79 Å². The molecular weight excluding hydrogens is 304 g/mol. The maximum Gasteiger partial charge on any atom is 0.264 e. The second kappa shape index (κ2) is 5.79. The summed E-state index contributed by atoms with van der Waals surface area (Å²) < 4.78 is 32.4. The SMILES string of the molecule is CN1CCOc2cc(S(=O)(=O)NC(=O)C3CCCC3)ccc21. The standard InChI is InChI=1S/C15H20N2O4S/c1-17-8-9-21-14-10-12(6-7-13(14)17)22(19,20)16-15(18)11-4-2-3-5-11/h6-7,10-11H,2-5,8-9H2,1H3,(H,16,18). The highest BCUT2D eigenvalue weighted by Gasteiger charge is 2.28. The molecule has 2 aliphatic rings. The number of hydrogen-bond donors (Lipinski definition) is 1. The van der Waals surface area contributed by atoms with Crippen molar-refractivity contribution in [3.8, 4) is 5.75 Å². The largest absolute Gasteiger partial charge is 0.490 e. The summed E-state index contributed by atoms with van der Waals surface area (Å²) in [6.45, 7) is 1.28. The van der Waals surface area contributed by atoms with Crippen molar-refractivity contribution < 1.29 is 17.9 Å². The highest BCUT2D eigenvalue weighted by atomic mass is 32.2. The number of nitrogens with one attached hydrogen (secondary N) is 1. The number of ether oxygens (including phenoxy) is 1. The third-order valence-electron chi connectivity index (χ3n) is 4.30. The second-order valence-electron chi connectivity index (χ2n) is 5.85. The molecule has 1 amide bonds. The van der Waals surface area contributed by atoms with Gasteiger partial charge in [0, 0.05) is 19.0 Å². The average molecular weight is 324 g/mol. The van der Waals surface area contributed by atoms with Crippen LogP contribution in [0.15, 0.2) is 23.1 Å². The lowest BCUT2D eigenvalue weighted by atomic mass is 10.1. The van der Waals surface area contributed by atoms with Gasteiger partial charge in [0.05, 0.1) is 17.1 Å². The minimum atomic E-state index is -3.85. The Hall–Kier alpha value is -1.76. The zero-order valence-corrected chi connectivity index (χ0v) is 13.4. The Bertz CT molecular complexity index is 681. The molecule has 0 bridgehead atoms. The van der Waals surface area contributed by atoms with Crippen LogP contribution in [0.4, 0.5) is 5.69 Å². The van der Waals surface area contributed by atoms with Gasteiger partial charge in [-0.05, 0) is 25.0 Å². The molecule has 7 heteroatoms. The van der Waals surface area contributed by atoms with Crippen molar-refractivity contribution in [3.05, 3.63) is 18.2 Å². The van der Waals surface area contributed by atoms with E-state index in [9.17, 15) is 13.2 Å². The lowest BCUT2D eigenvalue weighted by molar-refractivity contribution is -0.122. The normalized spacial score (nSPS) is 18.7. The third kappa shape index (κ3) is 2.90. The Kier molecular flexibility index (Phi) is 3.99. The van der Waals surface area contributed by atoms with Gasteiger partial charge in [0.15, 0.2) is 0 Å². The molecule has 1 aromatic carbocycles. The number of anilines is 1. The van der Waals surface area contributed by atoms with Crippen LogP contribution in [0.5, 0.6) is 5.75 Å². The first-order valence-corrected chi connectivity index (χ1v) is 9.00. The summed E-state index contributed by atoms with van der Waals surface area (Å²) in [4.78, 5) is 14.1. The molecule has 120 valence electrons. The van der Waals surface area contributed by atoms with E-state index in [0.29, 0.717) is 12.4 Å². The van der Waals surface area contributed by atoms with Crippen molar-refractivity contribution in [1.29, 1.82) is 0 Å². The Morgan fingerprint density at radius 1 is 1.32 bits per heavy atom. The van der Waals surface area contributed by atoms with E-state index >= 15 is 0 Å². The summed E-state index contributed by atoms with van der Waals surface area (Å²) >= 11 is 0. The van der Waals surface area contributed by atoms with Crippen molar-refractivity contribution >= 4 is 21.6 Å². The van der Waals surface area contributed by atoms with Gasteiger partial charge in [-0.2, -0.15) is 0 Å². The molecule has 1 heterocycles. The predicted octanol–water partition coefficient (Wildman–Crippen LogP) is 1.51. The zero-order valence-electron chi connectivity index (χ0n) is 12.5. The van der Waals surface area contributed by atoms with Crippen molar-refractivity contribution in [2.45, 2.75) is 30.6 Å². The molecule has 6 nitrogen and oxygen atoms in total. The van der Waals surface area contributed by atoms with Crippen LogP contribution >= 0.6 is 0 Å². The molecule has 1 aromatic rings. The number of sulfonamides is 1. The van der Waals surface area contributed by atoms with Gasteiger partial charge in [-0.1, -0.05) is 12.8 Å². The summed E-state index contributed by atoms with van der Waals surface area (Å²) in [7, 11) is -1.92. The monoisotopic (exact) mass is 324 g/mol. The van der Waals surface area contributed by atoms with Crippen molar-refractivity contribution in [2.75, 3.05) is 25.1 Å². The topological polar surface area (TPSA) is 75.7 Å². The van der Waals surface area contributed by atoms with Crippen LogP contribution in [0.2, 0.25) is 0 Å². The van der Waals surface area contributed by atoms with Crippen LogP contribution in [-0.4, -0.2) is 34.5 Å². The molecule has 22 heavy (non-hydrogen) atoms. The lowest BCUT2D eigenvalue weighted by Crippen LogP contribution is -2.35. The van der Waals surface area contributed by atoms with Gasteiger partial charge in [-0.15, -0.1) is 0 Å². The Balaban J connectivity index is 1.81. The van der Waals surface area contributed by atoms with E-state index in [0.717, 1.165) is 37.9 Å². The van der Waals surface area contributed by atoms with Gasteiger partial charge < -0.3 is 9.64 Å². The first kappa shape index (κ1) is 15.1. The number of hydrogen-bond acceptors (Lipinski definition) is 5. The van der Waals surface area contributed by atoms with Crippen LogP contribution < -0.4 is 14.4 Å². The summed E-state index contributed by atoms with van der Waals surface area (Å²) in [6.07, 6.45) is 3.49. The van der Waals surface area contributed by atoms with Crippen LogP contribution in [0.1, 0.15) is 25.7 Å². The van der Waals surface area contributed by atoms with Gasteiger partial charge in [0.25, 0.3) is 10.0 Å². The molecule has 1 aliphatic heterocycles. The first-order valence-electron chi connectivity index (χ1n) is 7.52. The van der Waals surface area contributed by atoms with E-state index in [2.05, 4.69) is 4.72 Å². The highest BCUT2D eigenvalue weighted by molar-refractivity contribution is 7.90. The fourth-order valence-electron chi connectivity index (χ4n) is 2.97. The van der Waals surface area contributed by atoms with E-state index in [1.807, 2.05) is 11.9 Å². The summed E-state index contributed by atoms with van der Waals surface area (Å²) in [6, 6.07) is 4.70. The fraction of sp³-hybridized carbons (Fsp3) is 0.533. The van der Waals surface area contributed by atoms with E-state index < -0.39 is 15.9 Å². The maximum atomic E-state index is 12.4. The summed E-state index contributed by atoms with van der Waals surface area (Å²) in [5.74, 6) is -0.0482. The molecule has 1 saturated carbocycles. The van der Waals surface area contributed by atoms with Crippen LogP contribution in [0.3, 0.4) is 0 Å². The number of nitrogens with zero attached hydrogens (tertiary/aromatic N) is 1. The molecule has 0 unspecified atom stereocenters. The highest BCUT2D eigenvalue weighted by Crippen LogP contribution is 2.33. The Labute approximate surface area is 130 Å². The van der Waals surface area contributed by atoms with Crippen LogP contribution in [0.25, 0.3) is 0 Å². The molecule has 1 fully saturated rings. The zero-order chi connectivity index (χ0) is 15.7. The van der Waals surface area contributed by atoms with E-state index in [4.69, 9.17) is 4.74 Å². The molecule has 0 aromatic heterocycles. The summed E-state index contributed by atoms with van der Waals surface area (Å²) in [5.41, 5.74) is 0.854. The van der Waals surface area contributed by atoms with E-state index in [-0.39, 0.29) is 10.8 Å². The third-order valence-corrected chi connectivity index (χ3v) is 5.64. The van der Waals surface area contributed by atoms with Gasteiger partial charge in [-0.25, -0.2) is 13.1 Å². The minimum Gasteiger partial charge on any atom is -0.490 e. The number of carbonyl (C=O) groups excluding carboxylic acids is 1. The van der Waals surface area contributed by atoms with Crippen LogP contribution in [-0.2, 0) is 14.8 Å². The molecule has 0 saturated heterocycles. The maximum absolute atomic E-state index is 12.4. The van der Waals surface area contributed by atoms with Gasteiger partial charge in [0.2, 0.25) is 5.91 Å². The smallest absolute Gasteiger partial charge is 0.264 e. The quantitative estimate of drug-likeness (QED) is 0.912. The number of rotatable bonds is 3. The van der Waals surface area contributed by atoms with E-state index in [1.165, 1.54) is 12.1 Å². The number of amides is 1. The molecule has 0 spiro atoms. The van der Waals surface area contributed by atoms with Gasteiger partial charge >= 0.3 is 0 Å². The number of benzene rings is 1. The molecule has 3 rings (SSSR count). The Morgan fingerprint density at radius 2 is 2.05 bits per heavy atom. The second-order valence-corrected chi connectivity index (χ2v) is 7.53. The molecular formula is C15H20N2O4S. The number of fused-ring (bicyclic) bond motifs is 1. The van der Waals surface area contributed by atoms with E-state index in [1.54, 1.807) is 6.07 Å². The first-order chi connectivity index (χ1) is 10.5. The number of likely N-dealkylation sites (N-methyl/N-ethyl adjacent to an activating group) is 1. The Morgan fingerprint density at radius 3 is 2.77 bits per heavy atom. The van der Waals surface area contributed by atoms with Crippen LogP contribution in [0, 0.1) is 5.92 Å². The average Bonchev–Trinajstić information content (AvgIpc) is 3.01. The summed E-state index contributed by atoms with van der Waals surface area (Å²) in [5, 5.41) is 0. The van der Waals surface area contributed by atoms with Crippen molar-refractivity contribution in [2.24, 2.45) is 5.92 Å². The van der Waals surface area contributed by atoms with Crippen molar-refractivity contribution in [3.63, 3.8) is 0 Å². The molecule has 1 N–H and O–H groups in total. The molecule has 1 aliphatic carbocycles. The van der Waals surface area contributed by atoms with Crippen molar-refractivity contribution in [1.82, 2.24) is 4.72 Å². The fourth-order valence-corrected chi connectivity index (χ4v) is 4.03. The molecule has 0 atom stereocenters. The predicted molar refractivity (Wildman–Crippen MR) is 82.5 cm³/mol. The number of carbonyl (C=O) groups is 1. The van der Waals surface area contributed by atoms with Gasteiger partial charge in [0.1, 0.15) is 12.4 Å².